The van der Waals surface area contributed by atoms with E-state index < -0.39 is 124 Å². The highest BCUT2D eigenvalue weighted by Gasteiger charge is 2.53. The van der Waals surface area contributed by atoms with E-state index in [1.807, 2.05) is 6.08 Å². The summed E-state index contributed by atoms with van der Waals surface area (Å²) in [5.74, 6) is -0.303. The third-order valence-electron chi connectivity index (χ3n) is 13.8. The smallest absolute Gasteiger partial charge is 0.220 e. The summed E-state index contributed by atoms with van der Waals surface area (Å²) in [6, 6.07) is -0.999. The van der Waals surface area contributed by atoms with E-state index in [2.05, 4.69) is 55.6 Å². The number of aliphatic hydroxyl groups is 11. The molecule has 1 amide bonds. The molecule has 3 aliphatic rings. The summed E-state index contributed by atoms with van der Waals surface area (Å²) in [7, 11) is 0. The van der Waals surface area contributed by atoms with Crippen LogP contribution in [0.2, 0.25) is 0 Å². The van der Waals surface area contributed by atoms with E-state index in [9.17, 15) is 61.0 Å². The average Bonchev–Trinajstić information content (AvgIpc) is 3.40. The lowest BCUT2D eigenvalue weighted by molar-refractivity contribution is -0.379. The second-order valence-electron chi connectivity index (χ2n) is 20.0. The van der Waals surface area contributed by atoms with Gasteiger partial charge in [-0.1, -0.05) is 133 Å². The zero-order valence-electron chi connectivity index (χ0n) is 44.3. The molecule has 19 heteroatoms. The first-order valence-corrected chi connectivity index (χ1v) is 27.9. The van der Waals surface area contributed by atoms with E-state index in [-0.39, 0.29) is 18.9 Å². The van der Waals surface area contributed by atoms with Crippen LogP contribution < -0.4 is 5.32 Å². The van der Waals surface area contributed by atoms with Crippen LogP contribution in [0.3, 0.4) is 0 Å². The molecule has 74 heavy (non-hydrogen) atoms. The molecule has 0 aliphatic carbocycles. The molecule has 0 aromatic rings. The van der Waals surface area contributed by atoms with E-state index >= 15 is 0 Å². The van der Waals surface area contributed by atoms with E-state index in [1.54, 1.807) is 6.08 Å². The number of nitrogens with one attached hydrogen (secondary N) is 1. The Morgan fingerprint density at radius 1 is 0.473 bits per heavy atom. The molecule has 0 bridgehead atoms. The summed E-state index contributed by atoms with van der Waals surface area (Å²) < 4.78 is 34.1. The van der Waals surface area contributed by atoms with Gasteiger partial charge in [0.05, 0.1) is 38.6 Å². The van der Waals surface area contributed by atoms with Crippen LogP contribution in [0.1, 0.15) is 162 Å². The maximum absolute atomic E-state index is 13.2. The van der Waals surface area contributed by atoms with Gasteiger partial charge in [-0.2, -0.15) is 0 Å². The number of hydrogen-bond donors (Lipinski definition) is 12. The fourth-order valence-electron chi connectivity index (χ4n) is 9.16. The maximum atomic E-state index is 13.2. The molecule has 3 rings (SSSR count). The molecule has 17 atom stereocenters. The van der Waals surface area contributed by atoms with Crippen LogP contribution in [0, 0.1) is 0 Å². The molecular formula is C55H97NO18. The van der Waals surface area contributed by atoms with Gasteiger partial charge < -0.3 is 89.9 Å². The van der Waals surface area contributed by atoms with E-state index in [0.717, 1.165) is 64.2 Å². The van der Waals surface area contributed by atoms with Crippen molar-refractivity contribution in [2.75, 3.05) is 26.4 Å². The van der Waals surface area contributed by atoms with Crippen molar-refractivity contribution in [3.8, 4) is 0 Å². The molecule has 0 radical (unpaired) electrons. The molecule has 0 aromatic heterocycles. The highest BCUT2D eigenvalue weighted by molar-refractivity contribution is 5.76. The predicted octanol–water partition coefficient (Wildman–Crippen LogP) is 3.53. The lowest BCUT2D eigenvalue weighted by Crippen LogP contribution is -2.66. The monoisotopic (exact) mass is 1060 g/mol. The van der Waals surface area contributed by atoms with Crippen molar-refractivity contribution in [3.63, 3.8) is 0 Å². The minimum Gasteiger partial charge on any atom is -0.394 e. The topological polar surface area (TPSA) is 307 Å². The lowest BCUT2D eigenvalue weighted by Gasteiger charge is -2.48. The number of ether oxygens (including phenoxy) is 6. The van der Waals surface area contributed by atoms with Gasteiger partial charge >= 0.3 is 0 Å². The Kier molecular flexibility index (Phi) is 34.9. The Morgan fingerprint density at radius 2 is 0.865 bits per heavy atom. The first-order chi connectivity index (χ1) is 35.8. The summed E-state index contributed by atoms with van der Waals surface area (Å²) in [5, 5.41) is 120. The summed E-state index contributed by atoms with van der Waals surface area (Å²) in [6.45, 7) is 1.63. The molecule has 17 unspecified atom stereocenters. The molecular weight excluding hydrogens is 963 g/mol. The van der Waals surface area contributed by atoms with Gasteiger partial charge in [0.1, 0.15) is 73.2 Å². The highest BCUT2D eigenvalue weighted by atomic mass is 16.8. The molecule has 3 heterocycles. The maximum Gasteiger partial charge on any atom is 0.220 e. The SMILES string of the molecule is CCCCCC/C=C\CCCCCCCC(=O)NC(COC1OC(CO)C(OC2OC(CO)C(OC3OC(CO)C(O)C(O)C3O)C(O)C2O)C(O)C1O)C(O)/C=C/CC/C=C/CC/C=C/CCCCCCCC. The van der Waals surface area contributed by atoms with Crippen LogP contribution in [0.5, 0.6) is 0 Å². The van der Waals surface area contributed by atoms with Gasteiger partial charge in [0.2, 0.25) is 5.91 Å². The van der Waals surface area contributed by atoms with Crippen LogP contribution in [0.25, 0.3) is 0 Å². The number of unbranched alkanes of at least 4 members (excludes halogenated alkanes) is 17. The third-order valence-corrected chi connectivity index (χ3v) is 13.8. The molecule has 0 aromatic carbocycles. The Balaban J connectivity index is 1.56. The molecule has 12 N–H and O–H groups in total. The van der Waals surface area contributed by atoms with Crippen LogP contribution in [0.4, 0.5) is 0 Å². The van der Waals surface area contributed by atoms with Crippen LogP contribution in [0.15, 0.2) is 48.6 Å². The highest BCUT2D eigenvalue weighted by Crippen LogP contribution is 2.33. The molecule has 19 nitrogen and oxygen atoms in total. The van der Waals surface area contributed by atoms with E-state index in [0.29, 0.717) is 12.8 Å². The number of hydrogen-bond acceptors (Lipinski definition) is 18. The predicted molar refractivity (Wildman–Crippen MR) is 277 cm³/mol. The number of allylic oxidation sites excluding steroid dienone is 7. The number of rotatable bonds is 39. The number of amides is 1. The van der Waals surface area contributed by atoms with Crippen molar-refractivity contribution < 1.29 is 89.4 Å². The minimum absolute atomic E-state index is 0.220. The van der Waals surface area contributed by atoms with E-state index in [1.165, 1.54) is 64.2 Å². The van der Waals surface area contributed by atoms with Gasteiger partial charge in [-0.25, -0.2) is 0 Å². The van der Waals surface area contributed by atoms with Gasteiger partial charge in [-0.15, -0.1) is 0 Å². The molecule has 0 spiro atoms. The Bertz CT molecular complexity index is 1550. The van der Waals surface area contributed by atoms with Gasteiger partial charge in [-0.05, 0) is 70.6 Å². The van der Waals surface area contributed by atoms with Crippen LogP contribution in [-0.2, 0) is 33.2 Å². The number of carbonyl (C=O) groups excluding carboxylic acids is 1. The van der Waals surface area contributed by atoms with Crippen molar-refractivity contribution in [2.24, 2.45) is 0 Å². The first-order valence-electron chi connectivity index (χ1n) is 27.9. The average molecular weight is 1060 g/mol. The van der Waals surface area contributed by atoms with Gasteiger partial charge in [-0.3, -0.25) is 4.79 Å². The van der Waals surface area contributed by atoms with Crippen molar-refractivity contribution in [2.45, 2.75) is 266 Å². The molecule has 3 aliphatic heterocycles. The summed E-state index contributed by atoms with van der Waals surface area (Å²) >= 11 is 0. The largest absolute Gasteiger partial charge is 0.394 e. The minimum atomic E-state index is -1.98. The van der Waals surface area contributed by atoms with Gasteiger partial charge in [0.25, 0.3) is 0 Å². The Morgan fingerprint density at radius 3 is 1.36 bits per heavy atom. The lowest BCUT2D eigenvalue weighted by atomic mass is 9.96. The van der Waals surface area contributed by atoms with Crippen molar-refractivity contribution in [3.05, 3.63) is 48.6 Å². The normalized spacial score (nSPS) is 31.8. The van der Waals surface area contributed by atoms with Crippen molar-refractivity contribution >= 4 is 5.91 Å². The van der Waals surface area contributed by atoms with Crippen molar-refractivity contribution in [1.82, 2.24) is 5.32 Å². The second-order valence-corrected chi connectivity index (χ2v) is 20.0. The summed E-state index contributed by atoms with van der Waals surface area (Å²) in [5.41, 5.74) is 0. The van der Waals surface area contributed by atoms with Crippen LogP contribution >= 0.6 is 0 Å². The number of carbonyl (C=O) groups is 1. The standard InChI is InChI=1S/C55H97NO18/c1-3-5-7-9-11-13-15-17-18-19-21-22-24-26-28-30-32-39(60)38(56-43(61)33-31-29-27-25-23-20-16-14-12-10-8-6-4-2)37-69-53-49(67)46(64)51(41(35-58)71-53)74-55-50(68)47(65)52(42(36-59)72-55)73-54-48(66)45(63)44(62)40(34-57)70-54/h14,16-18,22,24,30,32,38-42,44-55,57-60,62-68H,3-13,15,19-21,23,25-29,31,33-37H2,1-2H3,(H,56,61)/b16-14-,18-17+,24-22+,32-30+. The second kappa shape index (κ2) is 39.2. The third kappa shape index (κ3) is 23.8. The summed E-state index contributed by atoms with van der Waals surface area (Å²) in [4.78, 5) is 13.2. The van der Waals surface area contributed by atoms with E-state index in [4.69, 9.17) is 28.4 Å². The Hall–Kier alpha value is -2.25. The zero-order valence-corrected chi connectivity index (χ0v) is 44.3. The fraction of sp³-hybridized carbons (Fsp3) is 0.836. The quantitative estimate of drug-likeness (QED) is 0.0310. The fourth-order valence-corrected chi connectivity index (χ4v) is 9.16. The molecule has 430 valence electrons. The molecule has 3 saturated heterocycles. The van der Waals surface area contributed by atoms with Gasteiger partial charge in [0.15, 0.2) is 18.9 Å². The first kappa shape index (κ1) is 66.0. The molecule has 0 saturated carbocycles. The number of aliphatic hydroxyl groups excluding tert-OH is 11. The van der Waals surface area contributed by atoms with Crippen molar-refractivity contribution in [1.29, 1.82) is 0 Å². The zero-order chi connectivity index (χ0) is 54.1. The molecule has 3 fully saturated rings. The Labute approximate surface area is 440 Å². The summed E-state index contributed by atoms with van der Waals surface area (Å²) in [6.07, 6.45) is 13.9. The van der Waals surface area contributed by atoms with Gasteiger partial charge in [0, 0.05) is 6.42 Å². The van der Waals surface area contributed by atoms with Crippen LogP contribution in [-0.4, -0.2) is 193 Å².